The molecule has 144 valence electrons. The molecule has 3 unspecified atom stereocenters. The van der Waals surface area contributed by atoms with Crippen molar-refractivity contribution in [3.63, 3.8) is 0 Å². The molecular weight excluding hydrogens is 362 g/mol. The van der Waals surface area contributed by atoms with Crippen LogP contribution < -0.4 is 0 Å². The van der Waals surface area contributed by atoms with E-state index in [-0.39, 0.29) is 11.0 Å². The fraction of sp³-hybridized carbons (Fsp3) is 0.429. The van der Waals surface area contributed by atoms with Crippen molar-refractivity contribution in [3.8, 4) is 5.75 Å². The molecule has 2 aliphatic rings. The molecule has 1 heterocycles. The molecule has 0 amide bonds. The normalized spacial score (nSPS) is 26.8. The Morgan fingerprint density at radius 1 is 0.963 bits per heavy atom. The van der Waals surface area contributed by atoms with E-state index in [0.29, 0.717) is 36.1 Å². The van der Waals surface area contributed by atoms with Gasteiger partial charge in [-0.2, -0.15) is 0 Å². The van der Waals surface area contributed by atoms with Gasteiger partial charge >= 0.3 is 0 Å². The van der Waals surface area contributed by atoms with E-state index in [1.807, 2.05) is 6.07 Å². The molecule has 1 saturated carbocycles. The smallest absolute Gasteiger partial charge is 0.181 e. The van der Waals surface area contributed by atoms with Crippen molar-refractivity contribution >= 4 is 9.84 Å². The van der Waals surface area contributed by atoms with E-state index in [9.17, 15) is 18.6 Å². The highest BCUT2D eigenvalue weighted by Gasteiger charge is 2.45. The molecule has 0 bridgehead atoms. The van der Waals surface area contributed by atoms with Gasteiger partial charge in [-0.25, -0.2) is 8.42 Å². The predicted octanol–water partition coefficient (Wildman–Crippen LogP) is 2.61. The number of phenolic OH excluding ortho intramolecular Hbond substituents is 1. The van der Waals surface area contributed by atoms with Gasteiger partial charge in [0.15, 0.2) is 9.84 Å². The van der Waals surface area contributed by atoms with Gasteiger partial charge < -0.3 is 10.2 Å². The number of aliphatic hydroxyl groups excluding tert-OH is 1. The number of rotatable bonds is 5. The van der Waals surface area contributed by atoms with Gasteiger partial charge in [0.1, 0.15) is 5.75 Å². The Kier molecular flexibility index (Phi) is 4.97. The Bertz CT molecular complexity index is 868. The fourth-order valence-corrected chi connectivity index (χ4v) is 6.52. The minimum absolute atomic E-state index is 0.187. The average Bonchev–Trinajstić information content (AvgIpc) is 3.22. The molecule has 1 saturated heterocycles. The quantitative estimate of drug-likeness (QED) is 0.825. The molecule has 1 aliphatic carbocycles. The number of fused-ring (bicyclic) bond motifs is 1. The first-order valence-electron chi connectivity index (χ1n) is 9.42. The molecule has 0 spiro atoms. The van der Waals surface area contributed by atoms with Crippen LogP contribution in [0.2, 0.25) is 0 Å². The maximum atomic E-state index is 12.9. The number of benzene rings is 2. The van der Waals surface area contributed by atoms with Gasteiger partial charge in [0.25, 0.3) is 0 Å². The fourth-order valence-electron chi connectivity index (χ4n) is 4.59. The van der Waals surface area contributed by atoms with Crippen LogP contribution in [0.4, 0.5) is 0 Å². The van der Waals surface area contributed by atoms with Crippen LogP contribution in [0.5, 0.6) is 5.75 Å². The topological polar surface area (TPSA) is 77.8 Å². The minimum atomic E-state index is -3.26. The second kappa shape index (κ2) is 7.26. The van der Waals surface area contributed by atoms with Crippen LogP contribution >= 0.6 is 0 Å². The van der Waals surface area contributed by atoms with Crippen LogP contribution in [0, 0.1) is 11.8 Å². The van der Waals surface area contributed by atoms with Crippen LogP contribution in [0.15, 0.2) is 59.5 Å². The largest absolute Gasteiger partial charge is 0.508 e. The number of β-amino-alcohol motifs (C(OH)–C–C–N with tert-alkyl or cyclic N) is 1. The number of hydrogen-bond acceptors (Lipinski definition) is 5. The first-order valence-corrected chi connectivity index (χ1v) is 11.0. The maximum absolute atomic E-state index is 12.9. The van der Waals surface area contributed by atoms with Gasteiger partial charge in [0.05, 0.1) is 16.2 Å². The van der Waals surface area contributed by atoms with Crippen molar-refractivity contribution < 1.29 is 18.6 Å². The van der Waals surface area contributed by atoms with E-state index in [1.165, 1.54) is 0 Å². The van der Waals surface area contributed by atoms with Crippen molar-refractivity contribution in [1.82, 2.24) is 4.90 Å². The zero-order valence-corrected chi connectivity index (χ0v) is 15.9. The van der Waals surface area contributed by atoms with Crippen molar-refractivity contribution in [2.75, 3.05) is 19.6 Å². The maximum Gasteiger partial charge on any atom is 0.181 e. The Morgan fingerprint density at radius 3 is 2.15 bits per heavy atom. The van der Waals surface area contributed by atoms with E-state index >= 15 is 0 Å². The zero-order valence-electron chi connectivity index (χ0n) is 15.1. The molecular formula is C21H25NO4S. The second-order valence-electron chi connectivity index (χ2n) is 7.80. The number of nitrogens with zero attached hydrogens (tertiary/aromatic N) is 1. The molecule has 4 rings (SSSR count). The summed E-state index contributed by atoms with van der Waals surface area (Å²) < 4.78 is 25.7. The Balaban J connectivity index is 1.36. The van der Waals surface area contributed by atoms with Crippen molar-refractivity contribution in [1.29, 1.82) is 0 Å². The molecule has 0 radical (unpaired) electrons. The summed E-state index contributed by atoms with van der Waals surface area (Å²) in [5.74, 6) is 0.938. The zero-order chi connectivity index (χ0) is 19.0. The first kappa shape index (κ1) is 18.5. The highest BCUT2D eigenvalue weighted by molar-refractivity contribution is 7.92. The van der Waals surface area contributed by atoms with Gasteiger partial charge in [-0.3, -0.25) is 4.90 Å². The summed E-state index contributed by atoms with van der Waals surface area (Å²) in [7, 11) is -3.26. The highest BCUT2D eigenvalue weighted by Crippen LogP contribution is 2.42. The Labute approximate surface area is 160 Å². The number of hydrogen-bond donors (Lipinski definition) is 2. The number of phenols is 1. The summed E-state index contributed by atoms with van der Waals surface area (Å²) in [5.41, 5.74) is 0.786. The Hall–Kier alpha value is -1.89. The van der Waals surface area contributed by atoms with E-state index < -0.39 is 15.9 Å². The second-order valence-corrected chi connectivity index (χ2v) is 10.0. The van der Waals surface area contributed by atoms with Crippen LogP contribution in [0.25, 0.3) is 0 Å². The third-order valence-electron chi connectivity index (χ3n) is 6.00. The van der Waals surface area contributed by atoms with Crippen molar-refractivity contribution in [3.05, 3.63) is 60.2 Å². The summed E-state index contributed by atoms with van der Waals surface area (Å²) in [5, 5.41) is 19.5. The lowest BCUT2D eigenvalue weighted by Crippen LogP contribution is -2.29. The molecule has 2 fully saturated rings. The van der Waals surface area contributed by atoms with Crippen LogP contribution in [-0.2, 0) is 9.84 Å². The van der Waals surface area contributed by atoms with Crippen LogP contribution in [0.3, 0.4) is 0 Å². The third kappa shape index (κ3) is 3.74. The monoisotopic (exact) mass is 387 g/mol. The molecule has 2 aromatic rings. The molecule has 4 atom stereocenters. The van der Waals surface area contributed by atoms with Crippen molar-refractivity contribution in [2.24, 2.45) is 11.8 Å². The Morgan fingerprint density at radius 2 is 1.56 bits per heavy atom. The lowest BCUT2D eigenvalue weighted by Gasteiger charge is -2.22. The lowest BCUT2D eigenvalue weighted by atomic mass is 10.0. The number of sulfone groups is 1. The molecule has 5 nitrogen and oxygen atoms in total. The SMILES string of the molecule is O=S(=O)(c1ccccc1)C1CC2CN(CC(O)c3ccc(O)cc3)C[C@@H]2C1. The van der Waals surface area contributed by atoms with Gasteiger partial charge in [-0.1, -0.05) is 30.3 Å². The molecule has 2 aromatic carbocycles. The standard InChI is InChI=1S/C21H25NO4S/c23-18-8-6-15(7-9-18)21(24)14-22-12-16-10-20(11-17(16)13-22)27(25,26)19-4-2-1-3-5-19/h1-9,16-17,20-21,23-24H,10-14H2/t16-,17?,20?,21?/m0/s1. The van der Waals surface area contributed by atoms with Gasteiger partial charge in [-0.15, -0.1) is 0 Å². The van der Waals surface area contributed by atoms with E-state index in [4.69, 9.17) is 0 Å². The number of aromatic hydroxyl groups is 1. The molecule has 2 N–H and O–H groups in total. The predicted molar refractivity (Wildman–Crippen MR) is 103 cm³/mol. The van der Waals surface area contributed by atoms with E-state index in [0.717, 1.165) is 18.7 Å². The van der Waals surface area contributed by atoms with Crippen LogP contribution in [0.1, 0.15) is 24.5 Å². The van der Waals surface area contributed by atoms with Gasteiger partial charge in [0.2, 0.25) is 0 Å². The summed E-state index contributed by atoms with van der Waals surface area (Å²) in [4.78, 5) is 2.66. The summed E-state index contributed by atoms with van der Waals surface area (Å²) in [6, 6.07) is 15.4. The number of aliphatic hydroxyl groups is 1. The van der Waals surface area contributed by atoms with E-state index in [1.54, 1.807) is 48.5 Å². The lowest BCUT2D eigenvalue weighted by molar-refractivity contribution is 0.122. The summed E-state index contributed by atoms with van der Waals surface area (Å²) in [6.07, 6.45) is 0.801. The van der Waals surface area contributed by atoms with Crippen molar-refractivity contribution in [2.45, 2.75) is 29.1 Å². The summed E-state index contributed by atoms with van der Waals surface area (Å²) >= 11 is 0. The van der Waals surface area contributed by atoms with Gasteiger partial charge in [0, 0.05) is 19.6 Å². The number of likely N-dealkylation sites (tertiary alicyclic amines) is 1. The molecule has 27 heavy (non-hydrogen) atoms. The average molecular weight is 388 g/mol. The molecule has 0 aromatic heterocycles. The first-order chi connectivity index (χ1) is 12.9. The highest BCUT2D eigenvalue weighted by atomic mass is 32.2. The molecule has 6 heteroatoms. The van der Waals surface area contributed by atoms with E-state index in [2.05, 4.69) is 4.90 Å². The third-order valence-corrected chi connectivity index (χ3v) is 8.19. The van der Waals surface area contributed by atoms with Gasteiger partial charge in [-0.05, 0) is 54.5 Å². The molecule has 1 aliphatic heterocycles. The minimum Gasteiger partial charge on any atom is -0.508 e. The summed E-state index contributed by atoms with van der Waals surface area (Å²) in [6.45, 7) is 2.20. The van der Waals surface area contributed by atoms with Crippen LogP contribution in [-0.4, -0.2) is 48.4 Å².